The first-order valence-corrected chi connectivity index (χ1v) is 7.16. The fourth-order valence-corrected chi connectivity index (χ4v) is 2.38. The minimum absolute atomic E-state index is 0.0952. The van der Waals surface area contributed by atoms with Crippen LogP contribution >= 0.6 is 15.9 Å². The second-order valence-electron chi connectivity index (χ2n) is 4.92. The average Bonchev–Trinajstić information content (AvgIpc) is 2.98. The van der Waals surface area contributed by atoms with Crippen LogP contribution in [-0.2, 0) is 24.9 Å². The van der Waals surface area contributed by atoms with Crippen molar-refractivity contribution in [2.24, 2.45) is 13.0 Å². The molecule has 0 fully saturated rings. The molecule has 0 aliphatic rings. The van der Waals surface area contributed by atoms with Crippen LogP contribution in [0.5, 0.6) is 0 Å². The number of aryl methyl sites for hydroxylation is 1. The maximum atomic E-state index is 12.3. The van der Waals surface area contributed by atoms with Crippen LogP contribution in [0.2, 0.25) is 0 Å². The monoisotopic (exact) mass is 339 g/mol. The van der Waals surface area contributed by atoms with Gasteiger partial charge in [-0.2, -0.15) is 10.2 Å². The molecule has 0 aromatic carbocycles. The van der Waals surface area contributed by atoms with Gasteiger partial charge < -0.3 is 4.90 Å². The van der Waals surface area contributed by atoms with E-state index in [1.165, 1.54) is 0 Å². The lowest BCUT2D eigenvalue weighted by molar-refractivity contribution is -0.134. The zero-order valence-electron chi connectivity index (χ0n) is 11.8. The second kappa shape index (κ2) is 6.21. The van der Waals surface area contributed by atoms with Crippen molar-refractivity contribution in [2.75, 3.05) is 7.05 Å². The second-order valence-corrected chi connectivity index (χ2v) is 5.84. The minimum atomic E-state index is -0.125. The van der Waals surface area contributed by atoms with E-state index in [4.69, 9.17) is 0 Å². The maximum Gasteiger partial charge on any atom is 0.227 e. The predicted octanol–water partition coefficient (Wildman–Crippen LogP) is 1.67. The van der Waals surface area contributed by atoms with E-state index < -0.39 is 0 Å². The van der Waals surface area contributed by atoms with Gasteiger partial charge in [0.2, 0.25) is 5.91 Å². The Balaban J connectivity index is 1.94. The zero-order chi connectivity index (χ0) is 14.7. The van der Waals surface area contributed by atoms with Crippen molar-refractivity contribution < 1.29 is 4.79 Å². The summed E-state index contributed by atoms with van der Waals surface area (Å²) < 4.78 is 4.46. The molecule has 2 heterocycles. The van der Waals surface area contributed by atoms with Gasteiger partial charge in [0.25, 0.3) is 0 Å². The number of aromatic nitrogens is 4. The van der Waals surface area contributed by atoms with E-state index in [2.05, 4.69) is 26.1 Å². The fourth-order valence-electron chi connectivity index (χ4n) is 2.05. The van der Waals surface area contributed by atoms with Gasteiger partial charge in [-0.25, -0.2) is 0 Å². The summed E-state index contributed by atoms with van der Waals surface area (Å²) in [5.41, 5.74) is 1.01. The van der Waals surface area contributed by atoms with E-state index in [9.17, 15) is 4.79 Å². The molecule has 7 heteroatoms. The molecular weight excluding hydrogens is 322 g/mol. The lowest BCUT2D eigenvalue weighted by atomic mass is 10.1. The molecule has 0 N–H and O–H groups in total. The number of hydrogen-bond donors (Lipinski definition) is 0. The highest BCUT2D eigenvalue weighted by Gasteiger charge is 2.19. The van der Waals surface area contributed by atoms with E-state index in [0.717, 1.165) is 10.2 Å². The van der Waals surface area contributed by atoms with Crippen molar-refractivity contribution in [2.45, 2.75) is 20.0 Å². The van der Waals surface area contributed by atoms with Gasteiger partial charge in [0, 0.05) is 26.5 Å². The Kier molecular flexibility index (Phi) is 4.59. The van der Waals surface area contributed by atoms with Crippen LogP contribution in [0.4, 0.5) is 0 Å². The van der Waals surface area contributed by atoms with Gasteiger partial charge in [-0.15, -0.1) is 0 Å². The Morgan fingerprint density at radius 3 is 2.80 bits per heavy atom. The smallest absolute Gasteiger partial charge is 0.227 e. The van der Waals surface area contributed by atoms with Crippen LogP contribution in [-0.4, -0.2) is 37.4 Å². The van der Waals surface area contributed by atoms with Crippen molar-refractivity contribution in [3.63, 3.8) is 0 Å². The molecule has 0 aliphatic heterocycles. The van der Waals surface area contributed by atoms with Gasteiger partial charge >= 0.3 is 0 Å². The third-order valence-corrected chi connectivity index (χ3v) is 3.59. The lowest BCUT2D eigenvalue weighted by Crippen LogP contribution is -2.33. The number of rotatable bonds is 5. The summed E-state index contributed by atoms with van der Waals surface area (Å²) in [5.74, 6) is -0.0298. The third-order valence-electron chi connectivity index (χ3n) is 3.18. The Labute approximate surface area is 126 Å². The highest BCUT2D eigenvalue weighted by molar-refractivity contribution is 9.10. The van der Waals surface area contributed by atoms with Crippen LogP contribution in [0.1, 0.15) is 12.6 Å². The van der Waals surface area contributed by atoms with E-state index in [1.54, 1.807) is 26.7 Å². The van der Waals surface area contributed by atoms with Crippen LogP contribution in [0.15, 0.2) is 29.1 Å². The normalized spacial score (nSPS) is 12.4. The van der Waals surface area contributed by atoms with Gasteiger partial charge in [-0.05, 0) is 22.0 Å². The molecule has 1 atom stereocenters. The molecule has 1 amide bonds. The van der Waals surface area contributed by atoms with E-state index in [-0.39, 0.29) is 11.8 Å². The maximum absolute atomic E-state index is 12.3. The van der Waals surface area contributed by atoms with Gasteiger partial charge in [-0.3, -0.25) is 14.2 Å². The molecule has 0 saturated heterocycles. The number of hydrogen-bond acceptors (Lipinski definition) is 3. The summed E-state index contributed by atoms with van der Waals surface area (Å²) in [4.78, 5) is 14.1. The quantitative estimate of drug-likeness (QED) is 0.832. The molecule has 0 saturated carbocycles. The summed E-state index contributed by atoms with van der Waals surface area (Å²) in [6.45, 7) is 3.04. The van der Waals surface area contributed by atoms with Gasteiger partial charge in [0.15, 0.2) is 0 Å². The molecule has 0 aliphatic carbocycles. The van der Waals surface area contributed by atoms with Crippen molar-refractivity contribution in [1.29, 1.82) is 0 Å². The first-order valence-electron chi connectivity index (χ1n) is 6.37. The SMILES string of the molecule is CC(Cn1cc(Br)cn1)C(=O)N(C)Cc1ccnn1C. The summed E-state index contributed by atoms with van der Waals surface area (Å²) in [7, 11) is 3.68. The van der Waals surface area contributed by atoms with Gasteiger partial charge in [-0.1, -0.05) is 6.92 Å². The van der Waals surface area contributed by atoms with Crippen molar-refractivity contribution in [1.82, 2.24) is 24.5 Å². The van der Waals surface area contributed by atoms with Crippen LogP contribution < -0.4 is 0 Å². The van der Waals surface area contributed by atoms with E-state index in [0.29, 0.717) is 13.1 Å². The Hall–Kier alpha value is -1.63. The van der Waals surface area contributed by atoms with E-state index >= 15 is 0 Å². The number of amides is 1. The number of carbonyl (C=O) groups excluding carboxylic acids is 1. The number of halogens is 1. The summed E-state index contributed by atoms with van der Waals surface area (Å²) >= 11 is 3.35. The molecule has 20 heavy (non-hydrogen) atoms. The fraction of sp³-hybridized carbons (Fsp3) is 0.462. The molecule has 2 rings (SSSR count). The largest absolute Gasteiger partial charge is 0.340 e. The molecule has 0 spiro atoms. The first-order chi connectivity index (χ1) is 9.47. The molecule has 2 aromatic rings. The number of carbonyl (C=O) groups is 1. The number of nitrogens with zero attached hydrogens (tertiary/aromatic N) is 5. The first kappa shape index (κ1) is 14.8. The molecule has 2 aromatic heterocycles. The van der Waals surface area contributed by atoms with Crippen molar-refractivity contribution >= 4 is 21.8 Å². The van der Waals surface area contributed by atoms with Gasteiger partial charge in [0.1, 0.15) is 0 Å². The molecular formula is C13H18BrN5O. The van der Waals surface area contributed by atoms with Crippen LogP contribution in [0.25, 0.3) is 0 Å². The highest BCUT2D eigenvalue weighted by Crippen LogP contribution is 2.11. The molecule has 1 unspecified atom stereocenters. The highest BCUT2D eigenvalue weighted by atomic mass is 79.9. The summed E-state index contributed by atoms with van der Waals surface area (Å²) in [6, 6.07) is 1.92. The average molecular weight is 340 g/mol. The van der Waals surface area contributed by atoms with Gasteiger partial charge in [0.05, 0.1) is 35.4 Å². The standard InChI is InChI=1S/C13H18BrN5O/c1-10(7-19-8-11(14)6-16-19)13(20)17(2)9-12-4-5-15-18(12)3/h4-6,8,10H,7,9H2,1-3H3. The van der Waals surface area contributed by atoms with Crippen LogP contribution in [0.3, 0.4) is 0 Å². The zero-order valence-corrected chi connectivity index (χ0v) is 13.4. The summed E-state index contributed by atoms with van der Waals surface area (Å²) in [6.07, 6.45) is 5.32. The van der Waals surface area contributed by atoms with E-state index in [1.807, 2.05) is 33.3 Å². The Bertz CT molecular complexity index is 591. The van der Waals surface area contributed by atoms with Crippen LogP contribution in [0, 0.1) is 5.92 Å². The topological polar surface area (TPSA) is 56.0 Å². The molecule has 108 valence electrons. The predicted molar refractivity (Wildman–Crippen MR) is 78.8 cm³/mol. The lowest BCUT2D eigenvalue weighted by Gasteiger charge is -2.21. The summed E-state index contributed by atoms with van der Waals surface area (Å²) in [5, 5.41) is 8.28. The molecule has 6 nitrogen and oxygen atoms in total. The molecule has 0 bridgehead atoms. The van der Waals surface area contributed by atoms with Crippen molar-refractivity contribution in [3.8, 4) is 0 Å². The molecule has 0 radical (unpaired) electrons. The Morgan fingerprint density at radius 2 is 2.25 bits per heavy atom. The Morgan fingerprint density at radius 1 is 1.50 bits per heavy atom. The van der Waals surface area contributed by atoms with Crippen molar-refractivity contribution in [3.05, 3.63) is 34.8 Å². The minimum Gasteiger partial charge on any atom is -0.340 e. The third kappa shape index (κ3) is 3.47.